The molecule has 3 rings (SSSR count). The molecular weight excluding hydrogens is 358 g/mol. The maximum Gasteiger partial charge on any atom is 0.325 e. The molecule has 2 heterocycles. The number of guanidine groups is 1. The number of urea groups is 1. The molecule has 1 aromatic carbocycles. The SMILES string of the molecule is COCCCN=C1NC2C(C(=O)NC(=O)N2C)N1Cc1ccccc1Cl. The van der Waals surface area contributed by atoms with Crippen molar-refractivity contribution in [3.63, 3.8) is 0 Å². The van der Waals surface area contributed by atoms with Crippen molar-refractivity contribution in [1.29, 1.82) is 0 Å². The van der Waals surface area contributed by atoms with Crippen molar-refractivity contribution in [2.24, 2.45) is 4.99 Å². The van der Waals surface area contributed by atoms with Gasteiger partial charge < -0.3 is 19.9 Å². The van der Waals surface area contributed by atoms with Crippen LogP contribution in [-0.4, -0.2) is 67.2 Å². The number of aliphatic imine (C=N–C) groups is 1. The lowest BCUT2D eigenvalue weighted by Crippen LogP contribution is -2.64. The Morgan fingerprint density at radius 1 is 1.31 bits per heavy atom. The van der Waals surface area contributed by atoms with Crippen molar-refractivity contribution < 1.29 is 14.3 Å². The van der Waals surface area contributed by atoms with E-state index in [1.165, 1.54) is 4.90 Å². The number of benzene rings is 1. The van der Waals surface area contributed by atoms with Crippen LogP contribution in [-0.2, 0) is 16.1 Å². The van der Waals surface area contributed by atoms with Gasteiger partial charge in [0.1, 0.15) is 6.17 Å². The van der Waals surface area contributed by atoms with E-state index >= 15 is 0 Å². The van der Waals surface area contributed by atoms with Crippen LogP contribution in [0.3, 0.4) is 0 Å². The molecule has 0 radical (unpaired) electrons. The van der Waals surface area contributed by atoms with Gasteiger partial charge in [-0.2, -0.15) is 0 Å². The number of ether oxygens (including phenoxy) is 1. The lowest BCUT2D eigenvalue weighted by atomic mass is 10.1. The molecule has 2 fully saturated rings. The normalized spacial score (nSPS) is 23.9. The zero-order valence-electron chi connectivity index (χ0n) is 14.7. The molecule has 9 heteroatoms. The summed E-state index contributed by atoms with van der Waals surface area (Å²) in [7, 11) is 3.29. The van der Waals surface area contributed by atoms with Crippen LogP contribution in [0.25, 0.3) is 0 Å². The largest absolute Gasteiger partial charge is 0.385 e. The quantitative estimate of drug-likeness (QED) is 0.720. The third kappa shape index (κ3) is 3.61. The van der Waals surface area contributed by atoms with Crippen LogP contribution in [0.2, 0.25) is 5.02 Å². The second-order valence-electron chi connectivity index (χ2n) is 6.21. The van der Waals surface area contributed by atoms with Crippen LogP contribution in [0.1, 0.15) is 12.0 Å². The molecule has 0 saturated carbocycles. The van der Waals surface area contributed by atoms with Gasteiger partial charge in [-0.15, -0.1) is 0 Å². The van der Waals surface area contributed by atoms with Crippen molar-refractivity contribution in [2.75, 3.05) is 27.3 Å². The smallest absolute Gasteiger partial charge is 0.325 e. The molecule has 2 saturated heterocycles. The number of methoxy groups -OCH3 is 1. The standard InChI is InChI=1S/C17H22ClN5O3/c1-22-14-13(15(24)21-17(22)25)23(10-11-6-3-4-7-12(11)18)16(20-14)19-8-5-9-26-2/h3-4,6-7,13-14H,5,8-10H2,1-2H3,(H,19,20)(H,21,24,25). The van der Waals surface area contributed by atoms with Crippen LogP contribution < -0.4 is 10.6 Å². The summed E-state index contributed by atoms with van der Waals surface area (Å²) >= 11 is 6.29. The first-order valence-electron chi connectivity index (χ1n) is 8.40. The van der Waals surface area contributed by atoms with Crippen molar-refractivity contribution in [3.05, 3.63) is 34.9 Å². The molecule has 0 aromatic heterocycles. The maximum absolute atomic E-state index is 12.5. The number of hydrogen-bond donors (Lipinski definition) is 2. The Kier molecular flexibility index (Phi) is 5.63. The molecule has 0 spiro atoms. The molecule has 26 heavy (non-hydrogen) atoms. The molecule has 2 N–H and O–H groups in total. The third-order valence-corrected chi connectivity index (χ3v) is 4.86. The van der Waals surface area contributed by atoms with Gasteiger partial charge in [-0.05, 0) is 18.1 Å². The van der Waals surface area contributed by atoms with Gasteiger partial charge in [0, 0.05) is 38.9 Å². The fourth-order valence-corrected chi connectivity index (χ4v) is 3.29. The molecule has 140 valence electrons. The zero-order valence-corrected chi connectivity index (χ0v) is 15.5. The van der Waals surface area contributed by atoms with Crippen molar-refractivity contribution in [2.45, 2.75) is 25.2 Å². The molecular formula is C17H22ClN5O3. The highest BCUT2D eigenvalue weighted by molar-refractivity contribution is 6.31. The molecule has 0 aliphatic carbocycles. The number of halogens is 1. The Morgan fingerprint density at radius 2 is 2.08 bits per heavy atom. The van der Waals surface area contributed by atoms with Gasteiger partial charge in [0.05, 0.1) is 0 Å². The Labute approximate surface area is 157 Å². The average molecular weight is 380 g/mol. The first-order valence-corrected chi connectivity index (χ1v) is 8.78. The lowest BCUT2D eigenvalue weighted by molar-refractivity contribution is -0.127. The van der Waals surface area contributed by atoms with Gasteiger partial charge in [-0.3, -0.25) is 15.1 Å². The van der Waals surface area contributed by atoms with Crippen LogP contribution in [0.15, 0.2) is 29.3 Å². The molecule has 2 unspecified atom stereocenters. The number of carbonyl (C=O) groups is 2. The number of fused-ring (bicyclic) bond motifs is 1. The van der Waals surface area contributed by atoms with Crippen molar-refractivity contribution >= 4 is 29.5 Å². The summed E-state index contributed by atoms with van der Waals surface area (Å²) in [6.45, 7) is 1.56. The van der Waals surface area contributed by atoms with E-state index in [1.54, 1.807) is 14.2 Å². The first kappa shape index (κ1) is 18.5. The van der Waals surface area contributed by atoms with Crippen LogP contribution in [0.5, 0.6) is 0 Å². The predicted molar refractivity (Wildman–Crippen MR) is 97.8 cm³/mol. The zero-order chi connectivity index (χ0) is 18.7. The van der Waals surface area contributed by atoms with E-state index in [4.69, 9.17) is 16.3 Å². The Hall–Kier alpha value is -2.32. The van der Waals surface area contributed by atoms with Crippen molar-refractivity contribution in [1.82, 2.24) is 20.4 Å². The summed E-state index contributed by atoms with van der Waals surface area (Å²) in [6.07, 6.45) is 0.290. The summed E-state index contributed by atoms with van der Waals surface area (Å²) in [5.41, 5.74) is 0.883. The number of carbonyl (C=O) groups excluding carboxylic acids is 2. The van der Waals surface area contributed by atoms with Crippen molar-refractivity contribution in [3.8, 4) is 0 Å². The summed E-state index contributed by atoms with van der Waals surface area (Å²) in [6, 6.07) is 6.47. The summed E-state index contributed by atoms with van der Waals surface area (Å²) < 4.78 is 5.05. The fourth-order valence-electron chi connectivity index (χ4n) is 3.10. The van der Waals surface area contributed by atoms with Gasteiger partial charge >= 0.3 is 6.03 Å². The summed E-state index contributed by atoms with van der Waals surface area (Å²) in [5.74, 6) is 0.229. The predicted octanol–water partition coefficient (Wildman–Crippen LogP) is 1.01. The molecule has 3 amide bonds. The number of likely N-dealkylation sites (N-methyl/N-ethyl adjacent to an activating group) is 1. The Morgan fingerprint density at radius 3 is 2.81 bits per heavy atom. The van der Waals surface area contributed by atoms with Gasteiger partial charge in [0.2, 0.25) is 0 Å². The minimum atomic E-state index is -0.574. The molecule has 2 atom stereocenters. The first-order chi connectivity index (χ1) is 12.5. The van der Waals surface area contributed by atoms with E-state index in [9.17, 15) is 9.59 Å². The number of rotatable bonds is 6. The minimum Gasteiger partial charge on any atom is -0.385 e. The third-order valence-electron chi connectivity index (χ3n) is 4.49. The highest BCUT2D eigenvalue weighted by atomic mass is 35.5. The number of nitrogens with zero attached hydrogens (tertiary/aromatic N) is 3. The summed E-state index contributed by atoms with van der Waals surface area (Å²) in [5, 5.41) is 6.21. The maximum atomic E-state index is 12.5. The number of hydrogen-bond acceptors (Lipinski definition) is 4. The van der Waals surface area contributed by atoms with Gasteiger partial charge in [-0.25, -0.2) is 4.79 Å². The van der Waals surface area contributed by atoms with E-state index < -0.39 is 18.2 Å². The van der Waals surface area contributed by atoms with E-state index in [-0.39, 0.29) is 5.91 Å². The molecule has 2 aliphatic rings. The van der Waals surface area contributed by atoms with Crippen LogP contribution >= 0.6 is 11.6 Å². The minimum absolute atomic E-state index is 0.347. The average Bonchev–Trinajstić information content (AvgIpc) is 2.98. The van der Waals surface area contributed by atoms with Gasteiger partial charge in [-0.1, -0.05) is 29.8 Å². The monoisotopic (exact) mass is 379 g/mol. The van der Waals surface area contributed by atoms with Gasteiger partial charge in [0.25, 0.3) is 5.91 Å². The fraction of sp³-hybridized carbons (Fsp3) is 0.471. The van der Waals surface area contributed by atoms with Gasteiger partial charge in [0.15, 0.2) is 12.0 Å². The van der Waals surface area contributed by atoms with E-state index in [0.717, 1.165) is 12.0 Å². The highest BCUT2D eigenvalue weighted by Gasteiger charge is 2.49. The second-order valence-corrected chi connectivity index (χ2v) is 6.62. The highest BCUT2D eigenvalue weighted by Crippen LogP contribution is 2.25. The summed E-state index contributed by atoms with van der Waals surface area (Å²) in [4.78, 5) is 32.3. The number of amides is 3. The van der Waals surface area contributed by atoms with Crippen LogP contribution in [0.4, 0.5) is 4.79 Å². The molecule has 1 aromatic rings. The Bertz CT molecular complexity index is 726. The van der Waals surface area contributed by atoms with E-state index in [2.05, 4.69) is 15.6 Å². The van der Waals surface area contributed by atoms with Crippen LogP contribution in [0, 0.1) is 0 Å². The molecule has 2 aliphatic heterocycles. The second kappa shape index (κ2) is 7.92. The topological polar surface area (TPSA) is 86.3 Å². The molecule has 8 nitrogen and oxygen atoms in total. The Balaban J connectivity index is 1.88. The number of nitrogens with one attached hydrogen (secondary N) is 2. The lowest BCUT2D eigenvalue weighted by Gasteiger charge is -2.35. The molecule has 0 bridgehead atoms. The van der Waals surface area contributed by atoms with E-state index in [0.29, 0.717) is 30.7 Å². The number of imide groups is 1. The van der Waals surface area contributed by atoms with E-state index in [1.807, 2.05) is 29.2 Å².